The molecule has 2 aliphatic rings. The second-order valence-electron chi connectivity index (χ2n) is 5.84. The predicted octanol–water partition coefficient (Wildman–Crippen LogP) is 3.16. The summed E-state index contributed by atoms with van der Waals surface area (Å²) in [6.45, 7) is 3.40. The molecule has 3 rings (SSSR count). The lowest BCUT2D eigenvalue weighted by Crippen LogP contribution is -2.49. The zero-order chi connectivity index (χ0) is 13.8. The summed E-state index contributed by atoms with van der Waals surface area (Å²) in [5.41, 5.74) is 1.30. The Morgan fingerprint density at radius 3 is 2.90 bits per heavy atom. The van der Waals surface area contributed by atoms with E-state index in [0.29, 0.717) is 6.04 Å². The van der Waals surface area contributed by atoms with Gasteiger partial charge in [-0.25, -0.2) is 0 Å². The number of hydrogen-bond acceptors (Lipinski definition) is 3. The third-order valence-corrected chi connectivity index (χ3v) is 4.62. The van der Waals surface area contributed by atoms with Crippen molar-refractivity contribution in [1.29, 1.82) is 0 Å². The van der Waals surface area contributed by atoms with Crippen molar-refractivity contribution in [3.05, 3.63) is 34.9 Å². The predicted molar refractivity (Wildman–Crippen MR) is 80.0 cm³/mol. The summed E-state index contributed by atoms with van der Waals surface area (Å²) < 4.78 is 11.5. The van der Waals surface area contributed by atoms with Crippen LogP contribution in [0.4, 0.5) is 0 Å². The maximum Gasteiger partial charge on any atom is 0.0741 e. The van der Waals surface area contributed by atoms with Gasteiger partial charge in [-0.15, -0.1) is 0 Å². The van der Waals surface area contributed by atoms with Crippen LogP contribution in [0.3, 0.4) is 0 Å². The maximum atomic E-state index is 6.07. The average Bonchev–Trinajstić information content (AvgIpc) is 2.46. The van der Waals surface area contributed by atoms with Crippen molar-refractivity contribution in [3.8, 4) is 0 Å². The number of benzene rings is 1. The highest BCUT2D eigenvalue weighted by atomic mass is 35.5. The van der Waals surface area contributed by atoms with Crippen molar-refractivity contribution in [1.82, 2.24) is 5.32 Å². The fraction of sp³-hybridized carbons (Fsp3) is 0.625. The summed E-state index contributed by atoms with van der Waals surface area (Å²) >= 11 is 6.02. The molecular weight excluding hydrogens is 274 g/mol. The fourth-order valence-electron chi connectivity index (χ4n) is 3.20. The molecule has 0 aliphatic carbocycles. The second kappa shape index (κ2) is 6.44. The van der Waals surface area contributed by atoms with E-state index in [1.165, 1.54) is 5.56 Å². The minimum atomic E-state index is 0.0580. The van der Waals surface area contributed by atoms with Gasteiger partial charge in [0.1, 0.15) is 0 Å². The van der Waals surface area contributed by atoms with Crippen LogP contribution in [0.1, 0.15) is 31.2 Å². The van der Waals surface area contributed by atoms with Crippen LogP contribution in [0.2, 0.25) is 5.02 Å². The molecule has 0 bridgehead atoms. The molecule has 0 saturated carbocycles. The Morgan fingerprint density at radius 2 is 2.10 bits per heavy atom. The highest BCUT2D eigenvalue weighted by Crippen LogP contribution is 2.34. The van der Waals surface area contributed by atoms with E-state index in [9.17, 15) is 0 Å². The molecule has 1 atom stereocenters. The van der Waals surface area contributed by atoms with Crippen molar-refractivity contribution in [2.24, 2.45) is 0 Å². The first-order valence-corrected chi connectivity index (χ1v) is 7.83. The van der Waals surface area contributed by atoms with Crippen LogP contribution in [0, 0.1) is 0 Å². The van der Waals surface area contributed by atoms with Gasteiger partial charge in [0.15, 0.2) is 0 Å². The number of hydrogen-bond donors (Lipinski definition) is 1. The number of rotatable bonds is 3. The molecule has 2 fully saturated rings. The van der Waals surface area contributed by atoms with Gasteiger partial charge in [-0.2, -0.15) is 0 Å². The van der Waals surface area contributed by atoms with Gasteiger partial charge in [0, 0.05) is 37.4 Å². The molecule has 1 aromatic rings. The standard InChI is InChI=1S/C16H22ClNO2/c17-14-3-1-2-13(10-14)12-18-15-4-7-20-16(11-15)5-8-19-9-6-16/h1-3,10,15,18H,4-9,11-12H2. The van der Waals surface area contributed by atoms with Crippen LogP contribution in [0.5, 0.6) is 0 Å². The van der Waals surface area contributed by atoms with E-state index in [0.717, 1.165) is 57.1 Å². The van der Waals surface area contributed by atoms with Crippen LogP contribution in [-0.2, 0) is 16.0 Å². The van der Waals surface area contributed by atoms with E-state index >= 15 is 0 Å². The molecule has 1 aromatic carbocycles. The van der Waals surface area contributed by atoms with Gasteiger partial charge in [-0.1, -0.05) is 23.7 Å². The monoisotopic (exact) mass is 295 g/mol. The molecule has 20 heavy (non-hydrogen) atoms. The first kappa shape index (κ1) is 14.3. The fourth-order valence-corrected chi connectivity index (χ4v) is 3.42. The molecule has 0 radical (unpaired) electrons. The van der Waals surface area contributed by atoms with Crippen molar-refractivity contribution in [3.63, 3.8) is 0 Å². The van der Waals surface area contributed by atoms with Gasteiger partial charge < -0.3 is 14.8 Å². The van der Waals surface area contributed by atoms with Crippen molar-refractivity contribution < 1.29 is 9.47 Å². The number of nitrogens with one attached hydrogen (secondary N) is 1. The Balaban J connectivity index is 1.55. The van der Waals surface area contributed by atoms with E-state index < -0.39 is 0 Å². The van der Waals surface area contributed by atoms with Crippen LogP contribution < -0.4 is 5.32 Å². The van der Waals surface area contributed by atoms with E-state index in [4.69, 9.17) is 21.1 Å². The molecule has 0 amide bonds. The molecule has 1 unspecified atom stereocenters. The normalized spacial score (nSPS) is 25.8. The van der Waals surface area contributed by atoms with Crippen LogP contribution in [0.25, 0.3) is 0 Å². The zero-order valence-electron chi connectivity index (χ0n) is 11.7. The van der Waals surface area contributed by atoms with Crippen LogP contribution >= 0.6 is 11.6 Å². The van der Waals surface area contributed by atoms with Crippen molar-refractivity contribution >= 4 is 11.6 Å². The maximum absolute atomic E-state index is 6.07. The van der Waals surface area contributed by atoms with E-state index in [1.54, 1.807) is 0 Å². The van der Waals surface area contributed by atoms with E-state index in [2.05, 4.69) is 11.4 Å². The summed E-state index contributed by atoms with van der Waals surface area (Å²) in [4.78, 5) is 0. The molecule has 0 aromatic heterocycles. The van der Waals surface area contributed by atoms with Gasteiger partial charge in [0.2, 0.25) is 0 Å². The Morgan fingerprint density at radius 1 is 1.25 bits per heavy atom. The molecule has 2 aliphatic heterocycles. The summed E-state index contributed by atoms with van der Waals surface area (Å²) in [7, 11) is 0. The molecule has 2 saturated heterocycles. The van der Waals surface area contributed by atoms with Gasteiger partial charge in [0.25, 0.3) is 0 Å². The number of halogens is 1. The van der Waals surface area contributed by atoms with Crippen LogP contribution in [0.15, 0.2) is 24.3 Å². The van der Waals surface area contributed by atoms with E-state index in [-0.39, 0.29) is 5.60 Å². The molecule has 2 heterocycles. The quantitative estimate of drug-likeness (QED) is 0.929. The minimum absolute atomic E-state index is 0.0580. The molecular formula is C16H22ClNO2. The first-order chi connectivity index (χ1) is 9.76. The Kier molecular flexibility index (Phi) is 4.61. The molecule has 4 heteroatoms. The first-order valence-electron chi connectivity index (χ1n) is 7.45. The molecule has 110 valence electrons. The van der Waals surface area contributed by atoms with E-state index in [1.807, 2.05) is 18.2 Å². The molecule has 3 nitrogen and oxygen atoms in total. The molecule has 1 spiro atoms. The largest absolute Gasteiger partial charge is 0.381 e. The summed E-state index contributed by atoms with van der Waals surface area (Å²) in [6.07, 6.45) is 4.24. The summed E-state index contributed by atoms with van der Waals surface area (Å²) in [6, 6.07) is 8.58. The third-order valence-electron chi connectivity index (χ3n) is 4.38. The average molecular weight is 296 g/mol. The highest BCUT2D eigenvalue weighted by Gasteiger charge is 2.38. The lowest BCUT2D eigenvalue weighted by atomic mass is 9.84. The molecule has 1 N–H and O–H groups in total. The minimum Gasteiger partial charge on any atom is -0.381 e. The lowest BCUT2D eigenvalue weighted by Gasteiger charge is -2.43. The van der Waals surface area contributed by atoms with Crippen molar-refractivity contribution in [2.75, 3.05) is 19.8 Å². The smallest absolute Gasteiger partial charge is 0.0741 e. The lowest BCUT2D eigenvalue weighted by molar-refractivity contribution is -0.140. The Labute approximate surface area is 125 Å². The summed E-state index contributed by atoms with van der Waals surface area (Å²) in [5, 5.41) is 4.46. The summed E-state index contributed by atoms with van der Waals surface area (Å²) in [5.74, 6) is 0. The van der Waals surface area contributed by atoms with Gasteiger partial charge >= 0.3 is 0 Å². The highest BCUT2D eigenvalue weighted by molar-refractivity contribution is 6.30. The third kappa shape index (κ3) is 3.53. The topological polar surface area (TPSA) is 30.5 Å². The van der Waals surface area contributed by atoms with Crippen LogP contribution in [-0.4, -0.2) is 31.5 Å². The SMILES string of the molecule is Clc1cccc(CNC2CCOC3(CCOCC3)C2)c1. The van der Waals surface area contributed by atoms with Crippen molar-refractivity contribution in [2.45, 2.75) is 43.9 Å². The Hall–Kier alpha value is -0.610. The number of ether oxygens (including phenoxy) is 2. The van der Waals surface area contributed by atoms with Gasteiger partial charge in [-0.05, 0) is 43.4 Å². The van der Waals surface area contributed by atoms with Gasteiger partial charge in [-0.3, -0.25) is 0 Å². The van der Waals surface area contributed by atoms with Gasteiger partial charge in [0.05, 0.1) is 5.60 Å². The Bertz CT molecular complexity index is 440. The zero-order valence-corrected chi connectivity index (χ0v) is 12.5. The second-order valence-corrected chi connectivity index (χ2v) is 6.28.